The quantitative estimate of drug-likeness (QED) is 0.152. The van der Waals surface area contributed by atoms with Crippen molar-refractivity contribution in [2.24, 2.45) is 0 Å². The molecule has 0 amide bonds. The third-order valence-corrected chi connectivity index (χ3v) is 6.19. The fourth-order valence-electron chi connectivity index (χ4n) is 4.28. The zero-order chi connectivity index (χ0) is 24.4. The molecule has 0 atom stereocenters. The van der Waals surface area contributed by atoms with E-state index in [1.807, 2.05) is 0 Å². The van der Waals surface area contributed by atoms with Gasteiger partial charge in [-0.15, -0.1) is 119 Å². The summed E-state index contributed by atoms with van der Waals surface area (Å²) in [4.78, 5) is 0. The van der Waals surface area contributed by atoms with Crippen molar-refractivity contribution in [3.05, 3.63) is 170 Å². The number of fused-ring (bicyclic) bond motifs is 4. The van der Waals surface area contributed by atoms with Crippen LogP contribution in [0, 0.1) is 41.7 Å². The van der Waals surface area contributed by atoms with Crippen molar-refractivity contribution >= 4 is 43.1 Å². The Bertz CT molecular complexity index is 1370. The number of hydrogen-bond acceptors (Lipinski definition) is 0. The van der Waals surface area contributed by atoms with Gasteiger partial charge >= 0.3 is 41.7 Å². The molecule has 0 aliphatic rings. The number of benzene rings is 4. The summed E-state index contributed by atoms with van der Waals surface area (Å²) in [6, 6.07) is 58.7. The van der Waals surface area contributed by atoms with Crippen molar-refractivity contribution in [1.82, 2.24) is 0 Å². The van der Waals surface area contributed by atoms with Crippen LogP contribution in [0.15, 0.2) is 170 Å². The van der Waals surface area contributed by atoms with Crippen LogP contribution in [0.4, 0.5) is 0 Å². The summed E-state index contributed by atoms with van der Waals surface area (Å²) in [5.41, 5.74) is 0. The molecule has 0 radical (unpaired) electrons. The second-order valence-electron chi connectivity index (χ2n) is 8.62. The zero-order valence-corrected chi connectivity index (χ0v) is 23.8. The van der Waals surface area contributed by atoms with E-state index >= 15 is 0 Å². The Balaban J connectivity index is 0.000000114. The minimum Gasteiger partial charge on any atom is -0.168 e. The van der Waals surface area contributed by atoms with E-state index in [0.717, 1.165) is 0 Å². The maximum atomic E-state index is 2.12. The molecule has 0 bridgehead atoms. The molecule has 0 fully saturated rings. The smallest absolute Gasteiger partial charge is 0.168 e. The average Bonchev–Trinajstić information content (AvgIpc) is 3.76. The first kappa shape index (κ1) is 26.8. The predicted octanol–water partition coefficient (Wildman–Crippen LogP) is 10.2. The molecule has 0 saturated carbocycles. The van der Waals surface area contributed by atoms with Gasteiger partial charge in [0.2, 0.25) is 0 Å². The summed E-state index contributed by atoms with van der Waals surface area (Å²) in [6.07, 6.45) is 0. The molecule has 0 unspecified atom stereocenters. The van der Waals surface area contributed by atoms with Crippen molar-refractivity contribution in [2.45, 2.75) is 0 Å². The monoisotopic (exact) mass is 600 g/mol. The third kappa shape index (κ3) is 7.36. The molecule has 0 aliphatic carbocycles. The maximum Gasteiger partial charge on any atom is 4.00 e. The standard InChI is InChI=1S/4C9H7.Ce/c4*1-2-5-9-7-3-6-8(9)4-1;/h4*1-7H;/q4*-1;+4. The Morgan fingerprint density at radius 3 is 0.703 bits per heavy atom. The van der Waals surface area contributed by atoms with Crippen molar-refractivity contribution < 1.29 is 41.7 Å². The molecule has 0 nitrogen and oxygen atoms in total. The second-order valence-corrected chi connectivity index (χ2v) is 8.62. The molecule has 1 heteroatoms. The van der Waals surface area contributed by atoms with E-state index in [2.05, 4.69) is 170 Å². The summed E-state index contributed by atoms with van der Waals surface area (Å²) in [7, 11) is 0. The molecule has 0 N–H and O–H groups in total. The summed E-state index contributed by atoms with van der Waals surface area (Å²) in [6.45, 7) is 0. The molecular weight excluding hydrogens is 573 g/mol. The van der Waals surface area contributed by atoms with Gasteiger partial charge in [0, 0.05) is 0 Å². The van der Waals surface area contributed by atoms with E-state index in [9.17, 15) is 0 Å². The third-order valence-electron chi connectivity index (χ3n) is 6.19. The Morgan fingerprint density at radius 1 is 0.270 bits per heavy atom. The molecule has 37 heavy (non-hydrogen) atoms. The summed E-state index contributed by atoms with van der Waals surface area (Å²) >= 11 is 0. The van der Waals surface area contributed by atoms with Crippen LogP contribution in [0.3, 0.4) is 0 Å². The van der Waals surface area contributed by atoms with Gasteiger partial charge in [0.15, 0.2) is 0 Å². The maximum absolute atomic E-state index is 2.12. The fourth-order valence-corrected chi connectivity index (χ4v) is 4.28. The Hall–Kier alpha value is -3.30. The van der Waals surface area contributed by atoms with E-state index in [1.165, 1.54) is 43.1 Å². The Kier molecular flexibility index (Phi) is 10.0. The van der Waals surface area contributed by atoms with Gasteiger partial charge in [-0.1, -0.05) is 24.3 Å². The van der Waals surface area contributed by atoms with Gasteiger partial charge < -0.3 is 0 Å². The minimum absolute atomic E-state index is 0. The van der Waals surface area contributed by atoms with Crippen molar-refractivity contribution in [1.29, 1.82) is 0 Å². The van der Waals surface area contributed by atoms with E-state index in [0.29, 0.717) is 0 Å². The first-order valence-electron chi connectivity index (χ1n) is 12.3. The number of hydrogen-bond donors (Lipinski definition) is 0. The molecule has 0 aromatic heterocycles. The first-order chi connectivity index (χ1) is 17.9. The SMILES string of the molecule is [Ce+4].c1ccc2[cH-]ccc2c1.c1ccc2[cH-]ccc2c1.c1ccc2[cH-]ccc2c1.c1ccc2[cH-]ccc2c1. The summed E-state index contributed by atoms with van der Waals surface area (Å²) in [5.74, 6) is 0. The fraction of sp³-hybridized carbons (Fsp3) is 0. The van der Waals surface area contributed by atoms with Gasteiger partial charge in [-0.05, 0) is 0 Å². The van der Waals surface area contributed by atoms with Gasteiger partial charge in [-0.3, -0.25) is 0 Å². The topological polar surface area (TPSA) is 0 Å². The molecule has 8 aromatic carbocycles. The molecule has 8 aromatic rings. The van der Waals surface area contributed by atoms with Crippen LogP contribution in [-0.4, -0.2) is 0 Å². The van der Waals surface area contributed by atoms with E-state index in [-0.39, 0.29) is 41.7 Å². The van der Waals surface area contributed by atoms with Crippen molar-refractivity contribution in [3.63, 3.8) is 0 Å². The van der Waals surface area contributed by atoms with Crippen molar-refractivity contribution in [3.8, 4) is 0 Å². The Morgan fingerprint density at radius 2 is 0.486 bits per heavy atom. The molecule has 0 spiro atoms. The molecular formula is C36H28Ce. The summed E-state index contributed by atoms with van der Waals surface area (Å²) in [5, 5.41) is 10.6. The molecule has 0 heterocycles. The number of rotatable bonds is 0. The van der Waals surface area contributed by atoms with Crippen LogP contribution in [0.5, 0.6) is 0 Å². The van der Waals surface area contributed by atoms with Gasteiger partial charge in [-0.25, -0.2) is 0 Å². The van der Waals surface area contributed by atoms with Gasteiger partial charge in [0.1, 0.15) is 0 Å². The minimum atomic E-state index is 0. The van der Waals surface area contributed by atoms with Crippen LogP contribution in [-0.2, 0) is 0 Å². The normalized spacial score (nSPS) is 9.95. The molecule has 0 saturated heterocycles. The largest absolute Gasteiger partial charge is 4.00 e. The van der Waals surface area contributed by atoms with E-state index < -0.39 is 0 Å². The summed E-state index contributed by atoms with van der Waals surface area (Å²) < 4.78 is 0. The average molecular weight is 601 g/mol. The van der Waals surface area contributed by atoms with Gasteiger partial charge in [0.25, 0.3) is 0 Å². The van der Waals surface area contributed by atoms with Crippen LogP contribution in [0.2, 0.25) is 0 Å². The molecule has 176 valence electrons. The van der Waals surface area contributed by atoms with E-state index in [1.54, 1.807) is 0 Å². The van der Waals surface area contributed by atoms with Gasteiger partial charge in [-0.2, -0.15) is 70.1 Å². The zero-order valence-electron chi connectivity index (χ0n) is 20.7. The van der Waals surface area contributed by atoms with Crippen molar-refractivity contribution in [2.75, 3.05) is 0 Å². The van der Waals surface area contributed by atoms with Gasteiger partial charge in [0.05, 0.1) is 0 Å². The molecule has 8 rings (SSSR count). The van der Waals surface area contributed by atoms with Crippen LogP contribution < -0.4 is 0 Å². The van der Waals surface area contributed by atoms with Crippen LogP contribution in [0.1, 0.15) is 0 Å². The molecule has 0 aliphatic heterocycles. The van der Waals surface area contributed by atoms with Crippen LogP contribution >= 0.6 is 0 Å². The Labute approximate surface area is 252 Å². The first-order valence-corrected chi connectivity index (χ1v) is 12.3. The predicted molar refractivity (Wildman–Crippen MR) is 158 cm³/mol. The second kappa shape index (κ2) is 13.9. The van der Waals surface area contributed by atoms with Crippen LogP contribution in [0.25, 0.3) is 43.1 Å². The van der Waals surface area contributed by atoms with E-state index in [4.69, 9.17) is 0 Å².